The maximum Gasteiger partial charge on any atom is 0.435 e. The molecule has 0 bridgehead atoms. The smallest absolute Gasteiger partial charge is 0.343 e. The van der Waals surface area contributed by atoms with Gasteiger partial charge in [-0.3, -0.25) is 14.9 Å². The van der Waals surface area contributed by atoms with Crippen LogP contribution in [-0.2, 0) is 12.6 Å². The fourth-order valence-electron chi connectivity index (χ4n) is 4.43. The molecule has 14 heteroatoms. The van der Waals surface area contributed by atoms with Gasteiger partial charge in [-0.15, -0.1) is 0 Å². The zero-order valence-corrected chi connectivity index (χ0v) is 21.4. The number of rotatable bonds is 6. The predicted molar refractivity (Wildman–Crippen MR) is 137 cm³/mol. The summed E-state index contributed by atoms with van der Waals surface area (Å²) in [5.41, 5.74) is 0.407. The first-order valence-electron chi connectivity index (χ1n) is 11.9. The van der Waals surface area contributed by atoms with Crippen LogP contribution in [0.1, 0.15) is 34.4 Å². The number of carbonyl (C=O) groups is 1. The number of piperazine rings is 1. The topological polar surface area (TPSA) is 110 Å². The summed E-state index contributed by atoms with van der Waals surface area (Å²) in [6, 6.07) is 13.5. The first-order valence-corrected chi connectivity index (χ1v) is 12.7. The molecule has 1 fully saturated rings. The third-order valence-electron chi connectivity index (χ3n) is 6.41. The van der Waals surface area contributed by atoms with Gasteiger partial charge in [-0.05, 0) is 37.3 Å². The van der Waals surface area contributed by atoms with E-state index >= 15 is 0 Å². The molecule has 39 heavy (non-hydrogen) atoms. The second kappa shape index (κ2) is 10.4. The van der Waals surface area contributed by atoms with Crippen LogP contribution in [0.3, 0.4) is 0 Å². The molecule has 2 aromatic carbocycles. The predicted octanol–water partition coefficient (Wildman–Crippen LogP) is 4.59. The standard InChI is InChI=1S/C25H22F3N7O3S/c1-16-15-32(24-29-22(31-39-24)14-18-4-2-3-5-20(18)35(37)38)12-13-33(16)23(36)17-6-8-19(9-7-17)34-11-10-21(30-34)25(26,27)28/h2-11,16H,12-15H2,1H3. The molecule has 0 N–H and O–H groups in total. The van der Waals surface area contributed by atoms with Crippen molar-refractivity contribution >= 4 is 28.3 Å². The van der Waals surface area contributed by atoms with Gasteiger partial charge >= 0.3 is 6.18 Å². The van der Waals surface area contributed by atoms with Gasteiger partial charge in [0.1, 0.15) is 5.82 Å². The zero-order chi connectivity index (χ0) is 27.7. The van der Waals surface area contributed by atoms with Crippen molar-refractivity contribution < 1.29 is 22.9 Å². The molecule has 2 aromatic heterocycles. The monoisotopic (exact) mass is 557 g/mol. The molecule has 5 rings (SSSR count). The Bertz CT molecular complexity index is 1500. The van der Waals surface area contributed by atoms with E-state index < -0.39 is 16.8 Å². The molecule has 202 valence electrons. The summed E-state index contributed by atoms with van der Waals surface area (Å²) in [7, 11) is 0. The average Bonchev–Trinajstić information content (AvgIpc) is 3.59. The maximum atomic E-state index is 13.2. The molecule has 1 unspecified atom stereocenters. The Morgan fingerprint density at radius 1 is 1.13 bits per heavy atom. The van der Waals surface area contributed by atoms with Gasteiger partial charge < -0.3 is 9.80 Å². The molecule has 3 heterocycles. The van der Waals surface area contributed by atoms with Crippen molar-refractivity contribution in [3.8, 4) is 5.69 Å². The molecule has 1 amide bonds. The van der Waals surface area contributed by atoms with E-state index in [1.165, 1.54) is 23.8 Å². The van der Waals surface area contributed by atoms with E-state index in [4.69, 9.17) is 0 Å². The molecule has 1 aliphatic rings. The Morgan fingerprint density at radius 3 is 2.54 bits per heavy atom. The Morgan fingerprint density at radius 2 is 1.87 bits per heavy atom. The van der Waals surface area contributed by atoms with E-state index in [1.54, 1.807) is 47.4 Å². The number of nitro groups is 1. The highest BCUT2D eigenvalue weighted by molar-refractivity contribution is 7.09. The minimum atomic E-state index is -4.53. The molecule has 0 saturated carbocycles. The van der Waals surface area contributed by atoms with Crippen molar-refractivity contribution in [2.45, 2.75) is 25.6 Å². The van der Waals surface area contributed by atoms with Crippen LogP contribution in [0.2, 0.25) is 0 Å². The molecule has 1 atom stereocenters. The maximum absolute atomic E-state index is 13.2. The average molecular weight is 558 g/mol. The van der Waals surface area contributed by atoms with E-state index in [2.05, 4.69) is 14.5 Å². The largest absolute Gasteiger partial charge is 0.435 e. The second-order valence-corrected chi connectivity index (χ2v) is 9.77. The van der Waals surface area contributed by atoms with Crippen LogP contribution >= 0.6 is 11.5 Å². The number of aromatic nitrogens is 4. The van der Waals surface area contributed by atoms with Gasteiger partial charge in [0.2, 0.25) is 5.13 Å². The number of halogens is 3. The number of nitro benzene ring substituents is 1. The number of nitrogens with zero attached hydrogens (tertiary/aromatic N) is 7. The van der Waals surface area contributed by atoms with Crippen molar-refractivity contribution in [2.24, 2.45) is 0 Å². The van der Waals surface area contributed by atoms with Gasteiger partial charge in [-0.1, -0.05) is 18.2 Å². The van der Waals surface area contributed by atoms with Gasteiger partial charge in [0.15, 0.2) is 5.69 Å². The third-order valence-corrected chi connectivity index (χ3v) is 7.23. The SMILES string of the molecule is CC1CN(c2nc(Cc3ccccc3[N+](=O)[O-])ns2)CCN1C(=O)c1ccc(-n2ccc(C(F)(F)F)n2)cc1. The summed E-state index contributed by atoms with van der Waals surface area (Å²) in [6.07, 6.45) is -3.06. The van der Waals surface area contributed by atoms with Crippen LogP contribution in [-0.4, -0.2) is 60.5 Å². The van der Waals surface area contributed by atoms with E-state index in [0.29, 0.717) is 47.4 Å². The lowest BCUT2D eigenvalue weighted by atomic mass is 10.1. The van der Waals surface area contributed by atoms with E-state index in [1.807, 2.05) is 11.8 Å². The van der Waals surface area contributed by atoms with Gasteiger partial charge in [0, 0.05) is 67.0 Å². The lowest BCUT2D eigenvalue weighted by Gasteiger charge is -2.39. The molecule has 0 radical (unpaired) electrons. The minimum absolute atomic E-state index is 0.0262. The van der Waals surface area contributed by atoms with Crippen molar-refractivity contribution in [1.29, 1.82) is 0 Å². The lowest BCUT2D eigenvalue weighted by molar-refractivity contribution is -0.385. The molecular weight excluding hydrogens is 535 g/mol. The second-order valence-electron chi connectivity index (χ2n) is 9.04. The zero-order valence-electron chi connectivity index (χ0n) is 20.6. The van der Waals surface area contributed by atoms with Crippen molar-refractivity contribution in [3.63, 3.8) is 0 Å². The lowest BCUT2D eigenvalue weighted by Crippen LogP contribution is -2.54. The van der Waals surface area contributed by atoms with Crippen LogP contribution in [0.4, 0.5) is 24.0 Å². The van der Waals surface area contributed by atoms with E-state index in [-0.39, 0.29) is 24.1 Å². The van der Waals surface area contributed by atoms with Gasteiger partial charge in [0.05, 0.1) is 10.6 Å². The van der Waals surface area contributed by atoms with Crippen LogP contribution in [0.15, 0.2) is 60.8 Å². The number of amides is 1. The Kier molecular flexibility index (Phi) is 7.04. The van der Waals surface area contributed by atoms with Crippen LogP contribution < -0.4 is 4.90 Å². The summed E-state index contributed by atoms with van der Waals surface area (Å²) in [5, 5.41) is 15.5. The summed E-state index contributed by atoms with van der Waals surface area (Å²) in [6.45, 7) is 3.42. The van der Waals surface area contributed by atoms with E-state index in [0.717, 1.165) is 10.7 Å². The third kappa shape index (κ3) is 5.60. The van der Waals surface area contributed by atoms with Gasteiger partial charge in [-0.25, -0.2) is 9.67 Å². The molecule has 1 saturated heterocycles. The number of alkyl halides is 3. The molecule has 10 nitrogen and oxygen atoms in total. The highest BCUT2D eigenvalue weighted by atomic mass is 32.1. The first kappa shape index (κ1) is 26.3. The van der Waals surface area contributed by atoms with Crippen LogP contribution in [0, 0.1) is 10.1 Å². The van der Waals surface area contributed by atoms with Gasteiger partial charge in [0.25, 0.3) is 11.6 Å². The highest BCUT2D eigenvalue weighted by Crippen LogP contribution is 2.28. The molecular formula is C25H22F3N7O3S. The fraction of sp³-hybridized carbons (Fsp3) is 0.280. The van der Waals surface area contributed by atoms with Crippen molar-refractivity contribution in [3.05, 3.63) is 93.6 Å². The van der Waals surface area contributed by atoms with Crippen molar-refractivity contribution in [2.75, 3.05) is 24.5 Å². The van der Waals surface area contributed by atoms with Crippen molar-refractivity contribution in [1.82, 2.24) is 24.0 Å². The fourth-order valence-corrected chi connectivity index (χ4v) is 5.15. The molecule has 0 spiro atoms. The van der Waals surface area contributed by atoms with E-state index in [9.17, 15) is 28.1 Å². The number of para-hydroxylation sites is 1. The Balaban J connectivity index is 1.22. The number of hydrogen-bond acceptors (Lipinski definition) is 8. The summed E-state index contributed by atoms with van der Waals surface area (Å²) in [4.78, 5) is 32.4. The molecule has 4 aromatic rings. The van der Waals surface area contributed by atoms with Gasteiger partial charge in [-0.2, -0.15) is 22.6 Å². The Labute approximate surface area is 224 Å². The molecule has 1 aliphatic heterocycles. The normalized spacial score (nSPS) is 15.9. The summed E-state index contributed by atoms with van der Waals surface area (Å²) in [5.74, 6) is 0.314. The minimum Gasteiger partial charge on any atom is -0.343 e. The number of benzene rings is 2. The number of anilines is 1. The first-order chi connectivity index (χ1) is 18.6. The molecule has 0 aliphatic carbocycles. The highest BCUT2D eigenvalue weighted by Gasteiger charge is 2.34. The summed E-state index contributed by atoms with van der Waals surface area (Å²) < 4.78 is 44.0. The van der Waals surface area contributed by atoms with Crippen LogP contribution in [0.5, 0.6) is 0 Å². The quantitative estimate of drug-likeness (QED) is 0.252. The number of hydrogen-bond donors (Lipinski definition) is 0. The number of carbonyl (C=O) groups excluding carboxylic acids is 1. The van der Waals surface area contributed by atoms with Crippen LogP contribution in [0.25, 0.3) is 5.69 Å². The summed E-state index contributed by atoms with van der Waals surface area (Å²) >= 11 is 1.21. The Hall–Kier alpha value is -4.33.